The molecule has 1 aromatic heterocycles. The fourth-order valence-electron chi connectivity index (χ4n) is 1.79. The van der Waals surface area contributed by atoms with Gasteiger partial charge >= 0.3 is 0 Å². The smallest absolute Gasteiger partial charge is 0.141 e. The molecular formula is C14H9F3N2. The van der Waals surface area contributed by atoms with E-state index in [1.807, 2.05) is 6.07 Å². The van der Waals surface area contributed by atoms with Gasteiger partial charge in [-0.05, 0) is 35.4 Å². The monoisotopic (exact) mass is 262 g/mol. The lowest BCUT2D eigenvalue weighted by Crippen LogP contribution is -2.02. The molecule has 0 saturated heterocycles. The SMILES string of the molecule is N#CC(c1cc(F)cc(CF)c1)c1ccc(F)cn1. The van der Waals surface area contributed by atoms with Crippen LogP contribution in [0.5, 0.6) is 0 Å². The van der Waals surface area contributed by atoms with E-state index in [1.54, 1.807) is 0 Å². The first kappa shape index (κ1) is 13.1. The molecular weight excluding hydrogens is 253 g/mol. The summed E-state index contributed by atoms with van der Waals surface area (Å²) in [6, 6.07) is 8.10. The number of rotatable bonds is 3. The van der Waals surface area contributed by atoms with Crippen LogP contribution in [0, 0.1) is 23.0 Å². The van der Waals surface area contributed by atoms with E-state index in [-0.39, 0.29) is 5.56 Å². The molecule has 96 valence electrons. The topological polar surface area (TPSA) is 36.7 Å². The van der Waals surface area contributed by atoms with Crippen molar-refractivity contribution in [2.24, 2.45) is 0 Å². The van der Waals surface area contributed by atoms with E-state index in [9.17, 15) is 13.2 Å². The van der Waals surface area contributed by atoms with Gasteiger partial charge in [0.15, 0.2) is 0 Å². The summed E-state index contributed by atoms with van der Waals surface area (Å²) < 4.78 is 38.7. The maximum Gasteiger partial charge on any atom is 0.141 e. The molecule has 2 nitrogen and oxygen atoms in total. The second-order valence-corrected chi connectivity index (χ2v) is 3.99. The van der Waals surface area contributed by atoms with Crippen molar-refractivity contribution in [3.05, 3.63) is 65.0 Å². The molecule has 2 aromatic rings. The molecule has 0 aliphatic carbocycles. The highest BCUT2D eigenvalue weighted by atomic mass is 19.1. The number of halogens is 3. The standard InChI is InChI=1S/C14H9F3N2/c15-6-9-3-10(5-12(17)4-9)13(7-18)14-2-1-11(16)8-19-14/h1-5,8,13H,6H2. The Bertz CT molecular complexity index is 618. The fourth-order valence-corrected chi connectivity index (χ4v) is 1.79. The lowest BCUT2D eigenvalue weighted by molar-refractivity contribution is 0.482. The molecule has 1 aromatic carbocycles. The molecule has 1 atom stereocenters. The predicted octanol–water partition coefficient (Wildman–Crippen LogP) is 3.48. The third kappa shape index (κ3) is 2.91. The Balaban J connectivity index is 2.45. The maximum absolute atomic E-state index is 13.3. The zero-order valence-electron chi connectivity index (χ0n) is 9.78. The van der Waals surface area contributed by atoms with Crippen molar-refractivity contribution in [3.63, 3.8) is 0 Å². The molecule has 0 spiro atoms. The van der Waals surface area contributed by atoms with Crippen LogP contribution in [0.1, 0.15) is 22.7 Å². The van der Waals surface area contributed by atoms with Crippen LogP contribution in [0.25, 0.3) is 0 Å². The normalized spacial score (nSPS) is 11.9. The maximum atomic E-state index is 13.3. The molecule has 0 saturated carbocycles. The molecule has 0 amide bonds. The van der Waals surface area contributed by atoms with Crippen molar-refractivity contribution in [2.45, 2.75) is 12.6 Å². The van der Waals surface area contributed by atoms with Crippen LogP contribution >= 0.6 is 0 Å². The molecule has 0 aliphatic rings. The Hall–Kier alpha value is -2.35. The van der Waals surface area contributed by atoms with E-state index in [0.29, 0.717) is 11.3 Å². The van der Waals surface area contributed by atoms with Gasteiger partial charge in [-0.2, -0.15) is 5.26 Å². The van der Waals surface area contributed by atoms with E-state index in [0.717, 1.165) is 18.3 Å². The molecule has 0 radical (unpaired) electrons. The second-order valence-electron chi connectivity index (χ2n) is 3.99. The lowest BCUT2D eigenvalue weighted by atomic mass is 9.95. The van der Waals surface area contributed by atoms with Crippen LogP contribution in [0.2, 0.25) is 0 Å². The van der Waals surface area contributed by atoms with E-state index in [1.165, 1.54) is 18.2 Å². The number of aromatic nitrogens is 1. The van der Waals surface area contributed by atoms with Gasteiger partial charge in [-0.15, -0.1) is 0 Å². The Morgan fingerprint density at radius 3 is 2.53 bits per heavy atom. The van der Waals surface area contributed by atoms with Gasteiger partial charge in [0.25, 0.3) is 0 Å². The number of pyridine rings is 1. The van der Waals surface area contributed by atoms with Crippen molar-refractivity contribution >= 4 is 0 Å². The second kappa shape index (κ2) is 5.53. The van der Waals surface area contributed by atoms with Gasteiger partial charge in [-0.1, -0.05) is 6.07 Å². The van der Waals surface area contributed by atoms with Crippen molar-refractivity contribution in [3.8, 4) is 6.07 Å². The van der Waals surface area contributed by atoms with Gasteiger partial charge in [0.1, 0.15) is 24.2 Å². The molecule has 19 heavy (non-hydrogen) atoms. The Labute approximate surface area is 108 Å². The van der Waals surface area contributed by atoms with Crippen molar-refractivity contribution < 1.29 is 13.2 Å². The van der Waals surface area contributed by atoms with Crippen LogP contribution in [-0.4, -0.2) is 4.98 Å². The first-order chi connectivity index (χ1) is 9.13. The molecule has 0 aliphatic heterocycles. The van der Waals surface area contributed by atoms with E-state index >= 15 is 0 Å². The van der Waals surface area contributed by atoms with Crippen molar-refractivity contribution in [1.82, 2.24) is 4.98 Å². The Kier molecular flexibility index (Phi) is 3.81. The van der Waals surface area contributed by atoms with E-state index < -0.39 is 24.2 Å². The largest absolute Gasteiger partial charge is 0.256 e. The van der Waals surface area contributed by atoms with E-state index in [2.05, 4.69) is 4.98 Å². The number of nitriles is 1. The number of hydrogen-bond donors (Lipinski definition) is 0. The zero-order chi connectivity index (χ0) is 13.8. The summed E-state index contributed by atoms with van der Waals surface area (Å²) in [6.07, 6.45) is 0.981. The summed E-state index contributed by atoms with van der Waals surface area (Å²) >= 11 is 0. The number of benzene rings is 1. The fraction of sp³-hybridized carbons (Fsp3) is 0.143. The number of nitrogens with zero attached hydrogens (tertiary/aromatic N) is 2. The van der Waals surface area contributed by atoms with Gasteiger partial charge in [-0.3, -0.25) is 4.98 Å². The third-order valence-electron chi connectivity index (χ3n) is 2.64. The summed E-state index contributed by atoms with van der Waals surface area (Å²) in [5.74, 6) is -2.00. The van der Waals surface area contributed by atoms with Gasteiger partial charge in [0.2, 0.25) is 0 Å². The summed E-state index contributed by atoms with van der Waals surface area (Å²) in [6.45, 7) is -0.820. The molecule has 5 heteroatoms. The lowest BCUT2D eigenvalue weighted by Gasteiger charge is -2.10. The predicted molar refractivity (Wildman–Crippen MR) is 62.9 cm³/mol. The highest BCUT2D eigenvalue weighted by Gasteiger charge is 2.16. The summed E-state index contributed by atoms with van der Waals surface area (Å²) in [4.78, 5) is 3.80. The van der Waals surface area contributed by atoms with Crippen LogP contribution < -0.4 is 0 Å². The molecule has 0 fully saturated rings. The highest BCUT2D eigenvalue weighted by Crippen LogP contribution is 2.24. The number of alkyl halides is 1. The minimum Gasteiger partial charge on any atom is -0.256 e. The quantitative estimate of drug-likeness (QED) is 0.849. The summed E-state index contributed by atoms with van der Waals surface area (Å²) in [5.41, 5.74) is 0.742. The first-order valence-corrected chi connectivity index (χ1v) is 5.50. The van der Waals surface area contributed by atoms with Crippen LogP contribution in [0.4, 0.5) is 13.2 Å². The summed E-state index contributed by atoms with van der Waals surface area (Å²) in [5, 5.41) is 9.16. The van der Waals surface area contributed by atoms with Crippen LogP contribution in [-0.2, 0) is 6.67 Å². The summed E-state index contributed by atoms with van der Waals surface area (Å²) in [7, 11) is 0. The van der Waals surface area contributed by atoms with Crippen molar-refractivity contribution in [2.75, 3.05) is 0 Å². The van der Waals surface area contributed by atoms with E-state index in [4.69, 9.17) is 5.26 Å². The van der Waals surface area contributed by atoms with Crippen LogP contribution in [0.15, 0.2) is 36.5 Å². The first-order valence-electron chi connectivity index (χ1n) is 5.50. The molecule has 0 N–H and O–H groups in total. The number of hydrogen-bond acceptors (Lipinski definition) is 2. The molecule has 0 bridgehead atoms. The van der Waals surface area contributed by atoms with Gasteiger partial charge in [0, 0.05) is 0 Å². The van der Waals surface area contributed by atoms with Gasteiger partial charge < -0.3 is 0 Å². The van der Waals surface area contributed by atoms with Gasteiger partial charge in [-0.25, -0.2) is 13.2 Å². The average Bonchev–Trinajstić information content (AvgIpc) is 2.41. The van der Waals surface area contributed by atoms with Crippen molar-refractivity contribution in [1.29, 1.82) is 5.26 Å². The highest BCUT2D eigenvalue weighted by molar-refractivity contribution is 5.37. The van der Waals surface area contributed by atoms with Gasteiger partial charge in [0.05, 0.1) is 18.0 Å². The minimum atomic E-state index is -0.860. The third-order valence-corrected chi connectivity index (χ3v) is 2.64. The Morgan fingerprint density at radius 1 is 1.16 bits per heavy atom. The molecule has 1 unspecified atom stereocenters. The Morgan fingerprint density at radius 2 is 1.95 bits per heavy atom. The average molecular weight is 262 g/mol. The molecule has 2 rings (SSSR count). The zero-order valence-corrected chi connectivity index (χ0v) is 9.78. The van der Waals surface area contributed by atoms with Crippen LogP contribution in [0.3, 0.4) is 0 Å². The molecule has 1 heterocycles. The minimum absolute atomic E-state index is 0.150.